The highest BCUT2D eigenvalue weighted by Gasteiger charge is 2.23. The molecule has 0 spiro atoms. The minimum atomic E-state index is -0.171. The topological polar surface area (TPSA) is 65.7 Å². The summed E-state index contributed by atoms with van der Waals surface area (Å²) in [6.45, 7) is 8.38. The smallest absolute Gasteiger partial charge is 0.311 e. The maximum atomic E-state index is 12.5. The van der Waals surface area contributed by atoms with Crippen LogP contribution >= 0.6 is 0 Å². The average molecular weight is 452 g/mol. The molecule has 6 heteroatoms. The molecule has 1 aliphatic rings. The van der Waals surface area contributed by atoms with E-state index < -0.39 is 0 Å². The van der Waals surface area contributed by atoms with Gasteiger partial charge in [-0.1, -0.05) is 64.3 Å². The van der Waals surface area contributed by atoms with Crippen molar-refractivity contribution in [1.82, 2.24) is 9.78 Å². The Hall–Kier alpha value is -2.89. The molecule has 3 rings (SSSR count). The Morgan fingerprint density at radius 3 is 2.36 bits per heavy atom. The number of allylic oxidation sites excluding steroid dienone is 1. The van der Waals surface area contributed by atoms with Gasteiger partial charge in [0.15, 0.2) is 5.76 Å². The first kappa shape index (κ1) is 24.7. The van der Waals surface area contributed by atoms with E-state index in [4.69, 9.17) is 9.47 Å². The first-order chi connectivity index (χ1) is 15.7. The zero-order valence-electron chi connectivity index (χ0n) is 20.9. The van der Waals surface area contributed by atoms with Crippen molar-refractivity contribution in [2.75, 3.05) is 13.8 Å². The predicted molar refractivity (Wildman–Crippen MR) is 133 cm³/mol. The van der Waals surface area contributed by atoms with E-state index in [1.807, 2.05) is 20.0 Å². The summed E-state index contributed by atoms with van der Waals surface area (Å²) in [5.74, 6) is 0.398. The molecule has 6 nitrogen and oxygen atoms in total. The van der Waals surface area contributed by atoms with E-state index in [0.29, 0.717) is 5.76 Å². The van der Waals surface area contributed by atoms with E-state index in [9.17, 15) is 4.79 Å². The Balaban J connectivity index is 1.93. The predicted octanol–water partition coefficient (Wildman–Crippen LogP) is 5.69. The summed E-state index contributed by atoms with van der Waals surface area (Å²) in [6, 6.07) is 10.4. The lowest BCUT2D eigenvalue weighted by atomic mass is 9.86. The number of aliphatic imine (C=N–C) groups is 1. The summed E-state index contributed by atoms with van der Waals surface area (Å²) in [5, 5.41) is 4.48. The molecule has 0 saturated heterocycles. The van der Waals surface area contributed by atoms with Crippen LogP contribution in [0.25, 0.3) is 11.3 Å². The molecule has 0 amide bonds. The fourth-order valence-electron chi connectivity index (χ4n) is 4.26. The van der Waals surface area contributed by atoms with Gasteiger partial charge < -0.3 is 9.47 Å². The second kappa shape index (κ2) is 10.8. The van der Waals surface area contributed by atoms with Crippen LogP contribution < -0.4 is 0 Å². The summed E-state index contributed by atoms with van der Waals surface area (Å²) >= 11 is 0. The highest BCUT2D eigenvalue weighted by atomic mass is 16.7. The Morgan fingerprint density at radius 2 is 1.82 bits per heavy atom. The number of hydrogen-bond acceptors (Lipinski definition) is 5. The molecule has 178 valence electrons. The van der Waals surface area contributed by atoms with Crippen molar-refractivity contribution in [2.45, 2.75) is 65.2 Å². The van der Waals surface area contributed by atoms with Crippen molar-refractivity contribution in [2.24, 2.45) is 18.0 Å². The highest BCUT2D eigenvalue weighted by Crippen LogP contribution is 2.30. The van der Waals surface area contributed by atoms with Gasteiger partial charge in [-0.25, -0.2) is 0 Å². The van der Waals surface area contributed by atoms with E-state index in [1.165, 1.54) is 12.0 Å². The lowest BCUT2D eigenvalue weighted by Crippen LogP contribution is -2.21. The third-order valence-corrected chi connectivity index (χ3v) is 6.14. The normalized spacial score (nSPS) is 16.1. The molecule has 2 aromatic rings. The number of benzene rings is 1. The molecule has 1 heterocycles. The third-order valence-electron chi connectivity index (χ3n) is 6.14. The van der Waals surface area contributed by atoms with E-state index in [0.717, 1.165) is 48.2 Å². The van der Waals surface area contributed by atoms with Crippen molar-refractivity contribution in [3.63, 3.8) is 0 Å². The van der Waals surface area contributed by atoms with Gasteiger partial charge in [-0.3, -0.25) is 14.5 Å². The van der Waals surface area contributed by atoms with Crippen LogP contribution in [-0.2, 0) is 26.7 Å². The molecule has 1 aromatic heterocycles. The van der Waals surface area contributed by atoms with Gasteiger partial charge in [0.1, 0.15) is 5.69 Å². The van der Waals surface area contributed by atoms with Crippen molar-refractivity contribution < 1.29 is 14.3 Å². The average Bonchev–Trinajstić information content (AvgIpc) is 3.13. The summed E-state index contributed by atoms with van der Waals surface area (Å²) in [4.78, 5) is 16.8. The standard InChI is InChI=1S/C27H37N3O3/c1-19-16-24(30(6)29-19)25(32-18-33-26(31)21-10-8-7-9-11-21)23(17-28-5)20-12-14-22(15-13-20)27(2,3)4/h12-17,21H,7-11,18H2,1-6H3/b25-23-,28-17-. The number of aromatic nitrogens is 2. The Labute approximate surface area is 197 Å². The van der Waals surface area contributed by atoms with Gasteiger partial charge in [0.2, 0.25) is 6.79 Å². The van der Waals surface area contributed by atoms with Gasteiger partial charge in [0.05, 0.1) is 11.6 Å². The van der Waals surface area contributed by atoms with Crippen LogP contribution in [-0.4, -0.2) is 35.8 Å². The fraction of sp³-hybridized carbons (Fsp3) is 0.519. The van der Waals surface area contributed by atoms with Crippen molar-refractivity contribution in [1.29, 1.82) is 0 Å². The van der Waals surface area contributed by atoms with E-state index in [2.05, 4.69) is 55.1 Å². The van der Waals surface area contributed by atoms with Crippen LogP contribution in [0, 0.1) is 12.8 Å². The highest BCUT2D eigenvalue weighted by molar-refractivity contribution is 6.18. The first-order valence-electron chi connectivity index (χ1n) is 11.8. The minimum absolute atomic E-state index is 0.0182. The monoisotopic (exact) mass is 451 g/mol. The van der Waals surface area contributed by atoms with Crippen LogP contribution in [0.5, 0.6) is 0 Å². The number of carbonyl (C=O) groups excluding carboxylic acids is 1. The van der Waals surface area contributed by atoms with Crippen molar-refractivity contribution in [3.05, 3.63) is 52.8 Å². The number of carbonyl (C=O) groups is 1. The van der Waals surface area contributed by atoms with Gasteiger partial charge >= 0.3 is 5.97 Å². The quantitative estimate of drug-likeness (QED) is 0.235. The maximum absolute atomic E-state index is 12.5. The minimum Gasteiger partial charge on any atom is -0.454 e. The van der Waals surface area contributed by atoms with Gasteiger partial charge in [-0.15, -0.1) is 0 Å². The molecular formula is C27H37N3O3. The number of esters is 1. The molecule has 33 heavy (non-hydrogen) atoms. The summed E-state index contributed by atoms with van der Waals surface area (Å²) in [5.41, 5.74) is 4.78. The summed E-state index contributed by atoms with van der Waals surface area (Å²) < 4.78 is 13.5. The SMILES string of the molecule is C/N=C\C(=C(\OCOC(=O)C1CCCCC1)c1cc(C)nn1C)c1ccc(C(C)(C)C)cc1. The zero-order chi connectivity index (χ0) is 24.0. The van der Waals surface area contributed by atoms with Gasteiger partial charge in [0, 0.05) is 25.9 Å². The second-order valence-electron chi connectivity index (χ2n) is 9.81. The van der Waals surface area contributed by atoms with E-state index >= 15 is 0 Å². The number of aryl methyl sites for hydroxylation is 2. The molecule has 0 N–H and O–H groups in total. The number of ether oxygens (including phenoxy) is 2. The molecule has 0 atom stereocenters. The molecular weight excluding hydrogens is 414 g/mol. The second-order valence-corrected chi connectivity index (χ2v) is 9.81. The number of nitrogens with zero attached hydrogens (tertiary/aromatic N) is 3. The summed E-state index contributed by atoms with van der Waals surface area (Å²) in [7, 11) is 3.61. The Bertz CT molecular complexity index is 1000. The van der Waals surface area contributed by atoms with Gasteiger partial charge in [-0.2, -0.15) is 5.10 Å². The fourth-order valence-corrected chi connectivity index (χ4v) is 4.26. The largest absolute Gasteiger partial charge is 0.454 e. The number of hydrogen-bond donors (Lipinski definition) is 0. The van der Waals surface area contributed by atoms with Gasteiger partial charge in [0.25, 0.3) is 0 Å². The van der Waals surface area contributed by atoms with Crippen molar-refractivity contribution in [3.8, 4) is 0 Å². The van der Waals surface area contributed by atoms with Crippen LogP contribution in [0.3, 0.4) is 0 Å². The van der Waals surface area contributed by atoms with Crippen LogP contribution in [0.4, 0.5) is 0 Å². The number of rotatable bonds is 7. The molecule has 0 radical (unpaired) electrons. The molecule has 0 aliphatic heterocycles. The zero-order valence-corrected chi connectivity index (χ0v) is 20.9. The lowest BCUT2D eigenvalue weighted by Gasteiger charge is -2.21. The Kier molecular flexibility index (Phi) is 8.11. The van der Waals surface area contributed by atoms with E-state index in [-0.39, 0.29) is 24.1 Å². The van der Waals surface area contributed by atoms with Gasteiger partial charge in [-0.05, 0) is 42.4 Å². The molecule has 1 aliphatic carbocycles. The lowest BCUT2D eigenvalue weighted by molar-refractivity contribution is -0.157. The molecule has 1 aromatic carbocycles. The molecule has 0 bridgehead atoms. The molecule has 1 fully saturated rings. The van der Waals surface area contributed by atoms with E-state index in [1.54, 1.807) is 17.9 Å². The van der Waals surface area contributed by atoms with Crippen LogP contribution in [0.15, 0.2) is 35.3 Å². The summed E-state index contributed by atoms with van der Waals surface area (Å²) in [6.07, 6.45) is 6.95. The van der Waals surface area contributed by atoms with Crippen molar-refractivity contribution >= 4 is 23.5 Å². The third kappa shape index (κ3) is 6.34. The maximum Gasteiger partial charge on any atom is 0.311 e. The first-order valence-corrected chi connectivity index (χ1v) is 11.8. The van der Waals surface area contributed by atoms with Crippen LogP contribution in [0.2, 0.25) is 0 Å². The van der Waals surface area contributed by atoms with Crippen LogP contribution in [0.1, 0.15) is 75.4 Å². The Morgan fingerprint density at radius 1 is 1.15 bits per heavy atom. The molecule has 1 saturated carbocycles. The molecule has 0 unspecified atom stereocenters.